The molecule has 1 aliphatic rings. The van der Waals surface area contributed by atoms with Crippen LogP contribution in [0.3, 0.4) is 0 Å². The maximum Gasteiger partial charge on any atom is 0.261 e. The molecule has 1 unspecified atom stereocenters. The van der Waals surface area contributed by atoms with Crippen LogP contribution in [0, 0.1) is 0 Å². The van der Waals surface area contributed by atoms with E-state index in [1.165, 1.54) is 11.1 Å². The molecule has 26 heavy (non-hydrogen) atoms. The van der Waals surface area contributed by atoms with Crippen molar-refractivity contribution in [3.8, 4) is 0 Å². The minimum Gasteiger partial charge on any atom is -0.369 e. The zero-order valence-electron chi connectivity index (χ0n) is 15.2. The van der Waals surface area contributed by atoms with Gasteiger partial charge in [-0.3, -0.25) is 9.71 Å². The van der Waals surface area contributed by atoms with Crippen LogP contribution < -0.4 is 4.72 Å². The summed E-state index contributed by atoms with van der Waals surface area (Å²) < 4.78 is 27.7. The first-order valence-corrected chi connectivity index (χ1v) is 10.3. The van der Waals surface area contributed by atoms with E-state index in [0.717, 1.165) is 25.8 Å². The highest BCUT2D eigenvalue weighted by molar-refractivity contribution is 7.92. The molecule has 0 bridgehead atoms. The number of fused-ring (bicyclic) bond motifs is 1. The second-order valence-electron chi connectivity index (χ2n) is 6.87. The standard InChI is InChI=1S/C20H25N3O2S/c1-23(2)15-21-14-17-8-6-7-16-13-18(11-12-20(16)17)22-26(24,25)19-9-4-3-5-10-19/h3-5,9-13,15,17,22H,6-8,14H2,1-2H3. The summed E-state index contributed by atoms with van der Waals surface area (Å²) in [6.07, 6.45) is 5.04. The van der Waals surface area contributed by atoms with Crippen molar-refractivity contribution < 1.29 is 8.42 Å². The van der Waals surface area contributed by atoms with E-state index in [4.69, 9.17) is 0 Å². The molecule has 3 rings (SSSR count). The lowest BCUT2D eigenvalue weighted by molar-refractivity contribution is 0.556. The van der Waals surface area contributed by atoms with Gasteiger partial charge in [0.1, 0.15) is 0 Å². The van der Waals surface area contributed by atoms with Crippen molar-refractivity contribution in [3.63, 3.8) is 0 Å². The molecule has 1 N–H and O–H groups in total. The van der Waals surface area contributed by atoms with E-state index in [9.17, 15) is 8.42 Å². The maximum absolute atomic E-state index is 12.5. The summed E-state index contributed by atoms with van der Waals surface area (Å²) in [5.74, 6) is 0.398. The fraction of sp³-hybridized carbons (Fsp3) is 0.350. The summed E-state index contributed by atoms with van der Waals surface area (Å²) in [6.45, 7) is 0.764. The molecule has 5 nitrogen and oxygen atoms in total. The molecule has 138 valence electrons. The highest BCUT2D eigenvalue weighted by Crippen LogP contribution is 2.33. The molecule has 0 spiro atoms. The SMILES string of the molecule is CN(C)C=NCC1CCCc2cc(NS(=O)(=O)c3ccccc3)ccc21. The predicted molar refractivity (Wildman–Crippen MR) is 106 cm³/mol. The Labute approximate surface area is 155 Å². The molecule has 0 aliphatic heterocycles. The third-order valence-corrected chi connectivity index (χ3v) is 5.92. The number of aliphatic imine (C=N–C) groups is 1. The van der Waals surface area contributed by atoms with E-state index in [-0.39, 0.29) is 4.90 Å². The number of rotatable bonds is 6. The summed E-state index contributed by atoms with van der Waals surface area (Å²) in [4.78, 5) is 6.71. The number of benzene rings is 2. The molecule has 0 saturated heterocycles. The minimum atomic E-state index is -3.56. The first-order valence-electron chi connectivity index (χ1n) is 8.83. The van der Waals surface area contributed by atoms with E-state index in [1.807, 2.05) is 43.5 Å². The molecule has 0 fully saturated rings. The zero-order chi connectivity index (χ0) is 18.6. The van der Waals surface area contributed by atoms with Gasteiger partial charge in [0, 0.05) is 32.2 Å². The largest absolute Gasteiger partial charge is 0.369 e. The van der Waals surface area contributed by atoms with Crippen LogP contribution in [0.15, 0.2) is 58.4 Å². The van der Waals surface area contributed by atoms with Gasteiger partial charge >= 0.3 is 0 Å². The number of anilines is 1. The Kier molecular flexibility index (Phi) is 5.61. The summed E-state index contributed by atoms with van der Waals surface area (Å²) in [7, 11) is 0.367. The normalized spacial score (nSPS) is 17.1. The molecule has 0 amide bonds. The van der Waals surface area contributed by atoms with Gasteiger partial charge in [0.15, 0.2) is 0 Å². The lowest BCUT2D eigenvalue weighted by Crippen LogP contribution is -2.16. The Morgan fingerprint density at radius 3 is 2.69 bits per heavy atom. The van der Waals surface area contributed by atoms with Crippen LogP contribution in [-0.2, 0) is 16.4 Å². The lowest BCUT2D eigenvalue weighted by Gasteiger charge is -2.25. The van der Waals surface area contributed by atoms with E-state index >= 15 is 0 Å². The van der Waals surface area contributed by atoms with Crippen LogP contribution in [-0.4, -0.2) is 40.3 Å². The zero-order valence-corrected chi connectivity index (χ0v) is 16.0. The van der Waals surface area contributed by atoms with Crippen molar-refractivity contribution >= 4 is 22.0 Å². The molecule has 1 aliphatic carbocycles. The number of nitrogens with one attached hydrogen (secondary N) is 1. The second-order valence-corrected chi connectivity index (χ2v) is 8.55. The quantitative estimate of drug-likeness (QED) is 0.624. The molecule has 6 heteroatoms. The number of nitrogens with zero attached hydrogens (tertiary/aromatic N) is 2. The Bertz CT molecular complexity index is 877. The van der Waals surface area contributed by atoms with Gasteiger partial charge in [0.2, 0.25) is 0 Å². The fourth-order valence-electron chi connectivity index (χ4n) is 3.32. The topological polar surface area (TPSA) is 61.8 Å². The van der Waals surface area contributed by atoms with Crippen LogP contribution in [0.2, 0.25) is 0 Å². The van der Waals surface area contributed by atoms with Gasteiger partial charge in [-0.25, -0.2) is 8.42 Å². The smallest absolute Gasteiger partial charge is 0.261 e. The molecule has 2 aromatic carbocycles. The monoisotopic (exact) mass is 371 g/mol. The van der Waals surface area contributed by atoms with E-state index in [2.05, 4.69) is 9.71 Å². The van der Waals surface area contributed by atoms with Gasteiger partial charge < -0.3 is 4.90 Å². The minimum absolute atomic E-state index is 0.272. The molecule has 2 aromatic rings. The van der Waals surface area contributed by atoms with Gasteiger partial charge in [0.25, 0.3) is 10.0 Å². The molecular formula is C20H25N3O2S. The van der Waals surface area contributed by atoms with Crippen molar-refractivity contribution in [1.82, 2.24) is 4.90 Å². The van der Waals surface area contributed by atoms with Crippen molar-refractivity contribution in [2.45, 2.75) is 30.1 Å². The van der Waals surface area contributed by atoms with Gasteiger partial charge in [-0.2, -0.15) is 0 Å². The molecular weight excluding hydrogens is 346 g/mol. The van der Waals surface area contributed by atoms with Gasteiger partial charge in [-0.15, -0.1) is 0 Å². The molecule has 0 heterocycles. The van der Waals surface area contributed by atoms with Crippen LogP contribution in [0.1, 0.15) is 29.9 Å². The average Bonchev–Trinajstić information content (AvgIpc) is 2.62. The average molecular weight is 372 g/mol. The number of sulfonamides is 1. The van der Waals surface area contributed by atoms with E-state index in [0.29, 0.717) is 11.6 Å². The van der Waals surface area contributed by atoms with Crippen LogP contribution in [0.5, 0.6) is 0 Å². The molecule has 0 saturated carbocycles. The first-order chi connectivity index (χ1) is 12.5. The summed E-state index contributed by atoms with van der Waals surface area (Å²) >= 11 is 0. The highest BCUT2D eigenvalue weighted by atomic mass is 32.2. The van der Waals surface area contributed by atoms with E-state index in [1.54, 1.807) is 30.3 Å². The van der Waals surface area contributed by atoms with Gasteiger partial charge in [-0.1, -0.05) is 24.3 Å². The van der Waals surface area contributed by atoms with E-state index < -0.39 is 10.0 Å². The molecule has 1 atom stereocenters. The Morgan fingerprint density at radius 1 is 1.19 bits per heavy atom. The second kappa shape index (κ2) is 7.91. The summed E-state index contributed by atoms with van der Waals surface area (Å²) in [6, 6.07) is 14.3. The number of hydrogen-bond acceptors (Lipinski definition) is 3. The third kappa shape index (κ3) is 4.43. The van der Waals surface area contributed by atoms with Crippen LogP contribution >= 0.6 is 0 Å². The third-order valence-electron chi connectivity index (χ3n) is 4.53. The number of hydrogen-bond donors (Lipinski definition) is 1. The molecule has 0 radical (unpaired) electrons. The van der Waals surface area contributed by atoms with Crippen molar-refractivity contribution in [3.05, 3.63) is 59.7 Å². The number of aryl methyl sites for hydroxylation is 1. The Morgan fingerprint density at radius 2 is 1.96 bits per heavy atom. The van der Waals surface area contributed by atoms with Gasteiger partial charge in [-0.05, 0) is 54.7 Å². The van der Waals surface area contributed by atoms with Crippen LogP contribution in [0.4, 0.5) is 5.69 Å². The Balaban J connectivity index is 1.78. The van der Waals surface area contributed by atoms with Crippen molar-refractivity contribution in [1.29, 1.82) is 0 Å². The van der Waals surface area contributed by atoms with Crippen molar-refractivity contribution in [2.75, 3.05) is 25.4 Å². The van der Waals surface area contributed by atoms with Crippen molar-refractivity contribution in [2.24, 2.45) is 4.99 Å². The summed E-state index contributed by atoms with van der Waals surface area (Å²) in [5, 5.41) is 0. The van der Waals surface area contributed by atoms with Gasteiger partial charge in [0.05, 0.1) is 11.2 Å². The first kappa shape index (κ1) is 18.5. The predicted octanol–water partition coefficient (Wildman–Crippen LogP) is 3.50. The van der Waals surface area contributed by atoms with Crippen LogP contribution in [0.25, 0.3) is 0 Å². The Hall–Kier alpha value is -2.34. The fourth-order valence-corrected chi connectivity index (χ4v) is 4.39. The highest BCUT2D eigenvalue weighted by Gasteiger charge is 2.21. The maximum atomic E-state index is 12.5. The summed E-state index contributed by atoms with van der Waals surface area (Å²) in [5.41, 5.74) is 3.12. The molecule has 0 aromatic heterocycles. The lowest BCUT2D eigenvalue weighted by atomic mass is 9.82.